The largest absolute Gasteiger partial charge is 0.394 e. The van der Waals surface area contributed by atoms with E-state index >= 15 is 0 Å². The van der Waals surface area contributed by atoms with Gasteiger partial charge in [0, 0.05) is 6.42 Å². The van der Waals surface area contributed by atoms with Crippen molar-refractivity contribution >= 4 is 5.91 Å². The predicted molar refractivity (Wildman–Crippen MR) is 304 cm³/mol. The summed E-state index contributed by atoms with van der Waals surface area (Å²) in [5.74, 6) is -0.185. The first-order chi connectivity index (χ1) is 35.3. The van der Waals surface area contributed by atoms with Crippen LogP contribution in [-0.4, -0.2) is 87.5 Å². The molecule has 422 valence electrons. The van der Waals surface area contributed by atoms with Gasteiger partial charge in [0.2, 0.25) is 5.91 Å². The third kappa shape index (κ3) is 41.4. The fourth-order valence-corrected chi connectivity index (χ4v) is 9.73. The lowest BCUT2D eigenvalue weighted by Gasteiger charge is -2.40. The van der Waals surface area contributed by atoms with E-state index in [9.17, 15) is 30.3 Å². The van der Waals surface area contributed by atoms with Crippen LogP contribution in [0.15, 0.2) is 48.6 Å². The Balaban J connectivity index is 2.00. The highest BCUT2D eigenvalue weighted by molar-refractivity contribution is 5.76. The van der Waals surface area contributed by atoms with Gasteiger partial charge in [0.05, 0.1) is 25.4 Å². The second-order valence-electron chi connectivity index (χ2n) is 21.5. The first-order valence-corrected chi connectivity index (χ1v) is 30.9. The van der Waals surface area contributed by atoms with E-state index in [-0.39, 0.29) is 12.5 Å². The van der Waals surface area contributed by atoms with Gasteiger partial charge in [-0.05, 0) is 64.2 Å². The van der Waals surface area contributed by atoms with Crippen molar-refractivity contribution in [2.75, 3.05) is 13.2 Å². The SMILES string of the molecule is CCCCCC/C=C/CC/C=C/C(O)C(COC1OC(CO)C(O)C(O)C1O)NC(=O)CCCCCCCCCCCCCCCCCCCCCCCCCCCCC/C=C\C/C=C\CCCCCCC. The maximum Gasteiger partial charge on any atom is 0.220 e. The second kappa shape index (κ2) is 52.6. The van der Waals surface area contributed by atoms with E-state index in [1.165, 1.54) is 225 Å². The summed E-state index contributed by atoms with van der Waals surface area (Å²) in [6.07, 6.45) is 63.8. The minimum atomic E-state index is -1.57. The number of carbonyl (C=O) groups is 1. The molecule has 0 radical (unpaired) electrons. The van der Waals surface area contributed by atoms with E-state index in [1.54, 1.807) is 6.08 Å². The molecule has 7 atom stereocenters. The minimum absolute atomic E-state index is 0.185. The Labute approximate surface area is 444 Å². The van der Waals surface area contributed by atoms with Crippen LogP contribution in [-0.2, 0) is 14.3 Å². The summed E-state index contributed by atoms with van der Waals surface area (Å²) >= 11 is 0. The Hall–Kier alpha value is -1.85. The van der Waals surface area contributed by atoms with Gasteiger partial charge in [-0.2, -0.15) is 0 Å². The smallest absolute Gasteiger partial charge is 0.220 e. The number of carbonyl (C=O) groups excluding carboxylic acids is 1. The molecule has 7 unspecified atom stereocenters. The van der Waals surface area contributed by atoms with E-state index in [0.717, 1.165) is 44.9 Å². The summed E-state index contributed by atoms with van der Waals surface area (Å²) in [5, 5.41) is 54.2. The molecule has 0 aliphatic carbocycles. The average molecular weight is 1020 g/mol. The summed E-state index contributed by atoms with van der Waals surface area (Å²) in [5.41, 5.74) is 0. The molecule has 0 aromatic rings. The van der Waals surface area contributed by atoms with E-state index in [0.29, 0.717) is 6.42 Å². The first-order valence-electron chi connectivity index (χ1n) is 30.9. The van der Waals surface area contributed by atoms with Crippen molar-refractivity contribution in [3.05, 3.63) is 48.6 Å². The number of hydrogen-bond acceptors (Lipinski definition) is 8. The number of ether oxygens (including phenoxy) is 2. The van der Waals surface area contributed by atoms with Crippen molar-refractivity contribution in [1.29, 1.82) is 0 Å². The van der Waals surface area contributed by atoms with Crippen molar-refractivity contribution in [2.45, 2.75) is 333 Å². The van der Waals surface area contributed by atoms with Crippen LogP contribution in [0.4, 0.5) is 0 Å². The van der Waals surface area contributed by atoms with Crippen LogP contribution in [0.5, 0.6) is 0 Å². The zero-order valence-electron chi connectivity index (χ0n) is 46.9. The molecule has 0 bridgehead atoms. The van der Waals surface area contributed by atoms with Gasteiger partial charge in [-0.1, -0.05) is 268 Å². The quantitative estimate of drug-likeness (QED) is 0.0261. The van der Waals surface area contributed by atoms with Crippen molar-refractivity contribution in [3.8, 4) is 0 Å². The second-order valence-corrected chi connectivity index (χ2v) is 21.5. The molecular weight excluding hydrogens is 899 g/mol. The Kier molecular flexibility index (Phi) is 49.8. The van der Waals surface area contributed by atoms with E-state index in [1.807, 2.05) is 6.08 Å². The monoisotopic (exact) mass is 1020 g/mol. The molecule has 72 heavy (non-hydrogen) atoms. The van der Waals surface area contributed by atoms with Gasteiger partial charge >= 0.3 is 0 Å². The summed E-state index contributed by atoms with van der Waals surface area (Å²) in [4.78, 5) is 13.0. The molecule has 1 amide bonds. The molecule has 1 aliphatic rings. The number of unbranched alkanes of at least 4 members (excludes halogenated alkanes) is 37. The van der Waals surface area contributed by atoms with E-state index < -0.39 is 49.5 Å². The zero-order valence-corrected chi connectivity index (χ0v) is 46.9. The molecule has 6 N–H and O–H groups in total. The van der Waals surface area contributed by atoms with Gasteiger partial charge in [-0.3, -0.25) is 4.79 Å². The van der Waals surface area contributed by atoms with Gasteiger partial charge in [-0.15, -0.1) is 0 Å². The first kappa shape index (κ1) is 68.2. The molecule has 9 nitrogen and oxygen atoms in total. The number of amides is 1. The Bertz CT molecular complexity index is 1270. The maximum absolute atomic E-state index is 13.0. The molecule has 1 aliphatic heterocycles. The number of rotatable bonds is 53. The molecule has 0 aromatic heterocycles. The third-order valence-electron chi connectivity index (χ3n) is 14.6. The molecular formula is C63H117NO8. The van der Waals surface area contributed by atoms with Gasteiger partial charge < -0.3 is 40.3 Å². The Morgan fingerprint density at radius 2 is 0.833 bits per heavy atom. The number of hydrogen-bond donors (Lipinski definition) is 6. The van der Waals surface area contributed by atoms with Crippen LogP contribution in [0.2, 0.25) is 0 Å². The lowest BCUT2D eigenvalue weighted by molar-refractivity contribution is -0.302. The molecule has 1 heterocycles. The topological polar surface area (TPSA) is 149 Å². The van der Waals surface area contributed by atoms with Crippen molar-refractivity contribution in [2.24, 2.45) is 0 Å². The fraction of sp³-hybridized carbons (Fsp3) is 0.857. The van der Waals surface area contributed by atoms with Crippen molar-refractivity contribution < 1.29 is 39.8 Å². The van der Waals surface area contributed by atoms with Crippen molar-refractivity contribution in [3.63, 3.8) is 0 Å². The zero-order chi connectivity index (χ0) is 52.2. The van der Waals surface area contributed by atoms with Crippen LogP contribution in [0.3, 0.4) is 0 Å². The normalized spacial score (nSPS) is 19.5. The standard InChI is InChI=1S/C63H117NO8/c1-3-5-7-9-11-13-15-16-17-18-19-20-21-22-23-24-25-26-27-28-29-30-31-32-33-34-35-36-37-38-39-40-41-42-43-45-47-49-51-53-59(67)64-56(55-71-63-62(70)61(69)60(68)58(54-65)72-63)57(66)52-50-48-46-44-14-12-10-8-6-4-2/h14-16,18-19,44,50,52,56-58,60-63,65-66,68-70H,3-13,17,20-43,45-49,51,53-55H2,1-2H3,(H,64,67)/b16-15-,19-18-,44-14+,52-50+. The Morgan fingerprint density at radius 1 is 0.472 bits per heavy atom. The molecule has 0 aromatic carbocycles. The fourth-order valence-electron chi connectivity index (χ4n) is 9.73. The highest BCUT2D eigenvalue weighted by atomic mass is 16.7. The lowest BCUT2D eigenvalue weighted by atomic mass is 9.99. The number of aliphatic hydroxyl groups is 5. The third-order valence-corrected chi connectivity index (χ3v) is 14.6. The van der Waals surface area contributed by atoms with Gasteiger partial charge in [0.1, 0.15) is 24.4 Å². The summed E-state index contributed by atoms with van der Waals surface area (Å²) in [6, 6.07) is -0.818. The number of aliphatic hydroxyl groups excluding tert-OH is 5. The highest BCUT2D eigenvalue weighted by Gasteiger charge is 2.44. The number of allylic oxidation sites excluding steroid dienone is 7. The highest BCUT2D eigenvalue weighted by Crippen LogP contribution is 2.23. The summed E-state index contributed by atoms with van der Waals surface area (Å²) in [7, 11) is 0. The van der Waals surface area contributed by atoms with Crippen molar-refractivity contribution in [1.82, 2.24) is 5.32 Å². The lowest BCUT2D eigenvalue weighted by Crippen LogP contribution is -2.60. The Morgan fingerprint density at radius 3 is 1.26 bits per heavy atom. The van der Waals surface area contributed by atoms with Gasteiger partial charge in [-0.25, -0.2) is 0 Å². The molecule has 9 heteroatoms. The van der Waals surface area contributed by atoms with Crippen LogP contribution in [0.25, 0.3) is 0 Å². The van der Waals surface area contributed by atoms with E-state index in [2.05, 4.69) is 55.6 Å². The molecule has 0 saturated carbocycles. The average Bonchev–Trinajstić information content (AvgIpc) is 3.38. The molecule has 1 fully saturated rings. The van der Waals surface area contributed by atoms with E-state index in [4.69, 9.17) is 9.47 Å². The van der Waals surface area contributed by atoms with Crippen LogP contribution in [0, 0.1) is 0 Å². The summed E-state index contributed by atoms with van der Waals surface area (Å²) < 4.78 is 11.2. The van der Waals surface area contributed by atoms with Gasteiger partial charge in [0.15, 0.2) is 6.29 Å². The van der Waals surface area contributed by atoms with Crippen LogP contribution < -0.4 is 5.32 Å². The van der Waals surface area contributed by atoms with Gasteiger partial charge in [0.25, 0.3) is 0 Å². The predicted octanol–water partition coefficient (Wildman–Crippen LogP) is 15.7. The minimum Gasteiger partial charge on any atom is -0.394 e. The number of nitrogens with one attached hydrogen (secondary N) is 1. The van der Waals surface area contributed by atoms with Crippen LogP contribution in [0.1, 0.15) is 290 Å². The van der Waals surface area contributed by atoms with Crippen LogP contribution >= 0.6 is 0 Å². The summed E-state index contributed by atoms with van der Waals surface area (Å²) in [6.45, 7) is 3.72. The molecule has 1 saturated heterocycles. The molecule has 0 spiro atoms. The maximum atomic E-state index is 13.0. The molecule has 1 rings (SSSR count).